The van der Waals surface area contributed by atoms with Crippen LogP contribution in [0, 0.1) is 13.8 Å². The summed E-state index contributed by atoms with van der Waals surface area (Å²) < 4.78 is 11.6. The Morgan fingerprint density at radius 3 is 2.68 bits per heavy atom. The number of aromatic nitrogens is 2. The van der Waals surface area contributed by atoms with E-state index in [0.717, 1.165) is 49.4 Å². The second kappa shape index (κ2) is 7.51. The zero-order valence-corrected chi connectivity index (χ0v) is 16.0. The summed E-state index contributed by atoms with van der Waals surface area (Å²) in [5, 5.41) is 3.31. The summed E-state index contributed by atoms with van der Waals surface area (Å²) in [5.74, 6) is 1.39. The van der Waals surface area contributed by atoms with Crippen molar-refractivity contribution in [3.63, 3.8) is 0 Å². The van der Waals surface area contributed by atoms with Crippen LogP contribution in [-0.2, 0) is 11.2 Å². The molecule has 25 heavy (non-hydrogen) atoms. The largest absolute Gasteiger partial charge is 0.472 e. The van der Waals surface area contributed by atoms with Gasteiger partial charge in [-0.15, -0.1) is 24.8 Å². The summed E-state index contributed by atoms with van der Waals surface area (Å²) in [6.07, 6.45) is 2.23. The predicted octanol–water partition coefficient (Wildman–Crippen LogP) is 1.81. The van der Waals surface area contributed by atoms with E-state index in [1.807, 2.05) is 13.8 Å². The van der Waals surface area contributed by atoms with E-state index in [1.165, 1.54) is 0 Å². The van der Waals surface area contributed by atoms with E-state index in [2.05, 4.69) is 15.3 Å². The van der Waals surface area contributed by atoms with E-state index in [0.29, 0.717) is 19.0 Å². The van der Waals surface area contributed by atoms with Crippen LogP contribution in [0.3, 0.4) is 0 Å². The lowest BCUT2D eigenvalue weighted by Gasteiger charge is -2.31. The summed E-state index contributed by atoms with van der Waals surface area (Å²) in [5.41, 5.74) is 1.72. The van der Waals surface area contributed by atoms with Crippen molar-refractivity contribution in [1.82, 2.24) is 20.2 Å². The Labute approximate surface area is 159 Å². The normalized spacial score (nSPS) is 23.4. The van der Waals surface area contributed by atoms with Gasteiger partial charge in [0.05, 0.1) is 13.1 Å². The van der Waals surface area contributed by atoms with Crippen LogP contribution in [0.1, 0.15) is 29.9 Å². The van der Waals surface area contributed by atoms with Crippen molar-refractivity contribution in [3.8, 4) is 5.88 Å². The molecular formula is C16H24Cl2N4O3. The molecule has 1 amide bonds. The van der Waals surface area contributed by atoms with Crippen molar-refractivity contribution < 1.29 is 14.3 Å². The minimum atomic E-state index is -0.305. The number of halogens is 2. The van der Waals surface area contributed by atoms with Crippen LogP contribution in [-0.4, -0.2) is 58.8 Å². The lowest BCUT2D eigenvalue weighted by atomic mass is 9.92. The molecule has 0 saturated carbocycles. The topological polar surface area (TPSA) is 76.6 Å². The molecule has 2 saturated heterocycles. The molecule has 1 aromatic rings. The highest BCUT2D eigenvalue weighted by molar-refractivity contribution is 5.85. The Bertz CT molecular complexity index is 653. The van der Waals surface area contributed by atoms with Gasteiger partial charge in [0.25, 0.3) is 0 Å². The molecule has 140 valence electrons. The van der Waals surface area contributed by atoms with E-state index < -0.39 is 0 Å². The maximum atomic E-state index is 12.2. The van der Waals surface area contributed by atoms with Gasteiger partial charge in [-0.25, -0.2) is 9.78 Å². The molecule has 4 heterocycles. The minimum Gasteiger partial charge on any atom is -0.472 e. The molecule has 1 aromatic heterocycles. The number of carbonyl (C=O) groups is 1. The van der Waals surface area contributed by atoms with Crippen molar-refractivity contribution in [1.29, 1.82) is 0 Å². The minimum absolute atomic E-state index is 0. The Morgan fingerprint density at radius 2 is 1.96 bits per heavy atom. The van der Waals surface area contributed by atoms with Crippen LogP contribution < -0.4 is 10.1 Å². The van der Waals surface area contributed by atoms with Crippen LogP contribution in [0.25, 0.3) is 0 Å². The van der Waals surface area contributed by atoms with E-state index in [1.54, 1.807) is 4.90 Å². The van der Waals surface area contributed by atoms with Crippen LogP contribution in [0.15, 0.2) is 0 Å². The van der Waals surface area contributed by atoms with Gasteiger partial charge in [0.2, 0.25) is 5.88 Å². The number of hydrogen-bond acceptors (Lipinski definition) is 6. The van der Waals surface area contributed by atoms with E-state index in [-0.39, 0.29) is 42.6 Å². The first-order chi connectivity index (χ1) is 11.0. The van der Waals surface area contributed by atoms with Gasteiger partial charge in [-0.05, 0) is 26.9 Å². The number of piperidine rings is 1. The fourth-order valence-corrected chi connectivity index (χ4v) is 3.79. The maximum Gasteiger partial charge on any atom is 0.410 e. The number of rotatable bonds is 2. The van der Waals surface area contributed by atoms with Gasteiger partial charge in [-0.1, -0.05) is 0 Å². The highest BCUT2D eigenvalue weighted by Crippen LogP contribution is 2.33. The molecule has 0 aliphatic carbocycles. The second-order valence-electron chi connectivity index (χ2n) is 6.77. The Hall–Kier alpha value is -1.31. The van der Waals surface area contributed by atoms with Crippen molar-refractivity contribution in [2.24, 2.45) is 0 Å². The molecule has 3 aliphatic heterocycles. The molecule has 1 spiro atoms. The quantitative estimate of drug-likeness (QED) is 0.829. The molecule has 2 fully saturated rings. The van der Waals surface area contributed by atoms with Gasteiger partial charge in [-0.3, -0.25) is 0 Å². The first-order valence-electron chi connectivity index (χ1n) is 8.24. The van der Waals surface area contributed by atoms with E-state index in [4.69, 9.17) is 9.47 Å². The van der Waals surface area contributed by atoms with Crippen LogP contribution in [0.4, 0.5) is 4.79 Å². The smallest absolute Gasteiger partial charge is 0.410 e. The average molecular weight is 391 g/mol. The molecule has 4 rings (SSSR count). The highest BCUT2D eigenvalue weighted by Gasteiger charge is 2.46. The molecule has 1 unspecified atom stereocenters. The number of fused-ring (bicyclic) bond motifs is 1. The zero-order chi connectivity index (χ0) is 16.0. The zero-order valence-electron chi connectivity index (χ0n) is 14.4. The average Bonchev–Trinajstić information content (AvgIpc) is 3.02. The molecule has 1 atom stereocenters. The fraction of sp³-hybridized carbons (Fsp3) is 0.688. The summed E-state index contributed by atoms with van der Waals surface area (Å²) >= 11 is 0. The van der Waals surface area contributed by atoms with Gasteiger partial charge in [0.15, 0.2) is 0 Å². The third kappa shape index (κ3) is 3.78. The first-order valence-corrected chi connectivity index (χ1v) is 8.24. The second-order valence-corrected chi connectivity index (χ2v) is 6.77. The monoisotopic (exact) mass is 390 g/mol. The molecule has 9 heteroatoms. The Morgan fingerprint density at radius 1 is 1.24 bits per heavy atom. The fourth-order valence-electron chi connectivity index (χ4n) is 3.79. The van der Waals surface area contributed by atoms with Crippen molar-refractivity contribution in [2.75, 3.05) is 26.2 Å². The molecule has 0 radical (unpaired) electrons. The van der Waals surface area contributed by atoms with Gasteiger partial charge in [0.1, 0.15) is 17.5 Å². The summed E-state index contributed by atoms with van der Waals surface area (Å²) in [7, 11) is 0. The number of amides is 1. The lowest BCUT2D eigenvalue weighted by Crippen LogP contribution is -2.45. The number of nitrogens with zero attached hydrogens (tertiary/aromatic N) is 3. The summed E-state index contributed by atoms with van der Waals surface area (Å²) in [4.78, 5) is 22.8. The highest BCUT2D eigenvalue weighted by atomic mass is 35.5. The summed E-state index contributed by atoms with van der Waals surface area (Å²) in [6, 6.07) is 0. The van der Waals surface area contributed by atoms with E-state index in [9.17, 15) is 4.79 Å². The van der Waals surface area contributed by atoms with Crippen LogP contribution in [0.2, 0.25) is 0 Å². The van der Waals surface area contributed by atoms with Crippen LogP contribution in [0.5, 0.6) is 5.88 Å². The molecule has 1 N–H and O–H groups in total. The molecule has 0 aromatic carbocycles. The molecular weight excluding hydrogens is 367 g/mol. The summed E-state index contributed by atoms with van der Waals surface area (Å²) in [6.45, 7) is 6.85. The van der Waals surface area contributed by atoms with Crippen LogP contribution >= 0.6 is 24.8 Å². The number of hydrogen-bond donors (Lipinski definition) is 1. The third-order valence-electron chi connectivity index (χ3n) is 4.98. The van der Waals surface area contributed by atoms with Gasteiger partial charge in [-0.2, -0.15) is 4.98 Å². The number of ether oxygens (including phenoxy) is 2. The third-order valence-corrected chi connectivity index (χ3v) is 4.98. The van der Waals surface area contributed by atoms with Gasteiger partial charge < -0.3 is 19.7 Å². The van der Waals surface area contributed by atoms with Crippen molar-refractivity contribution in [2.45, 2.75) is 44.8 Å². The van der Waals surface area contributed by atoms with E-state index >= 15 is 0 Å². The SMILES string of the molecule is Cc1nc(C)c2c(n1)OC(CN1CC3(CCNCC3)OC1=O)C2.Cl.Cl. The first kappa shape index (κ1) is 20.0. The Balaban J connectivity index is 0.00000113. The van der Waals surface area contributed by atoms with Gasteiger partial charge in [0, 0.05) is 30.5 Å². The standard InChI is InChI=1S/C16H22N4O3.2ClH/c1-10-13-7-12(22-14(13)19-11(2)18-10)8-20-9-16(23-15(20)21)3-5-17-6-4-16;;/h12,17H,3-9H2,1-2H3;2*1H. The Kier molecular flexibility index (Phi) is 6.01. The maximum absolute atomic E-state index is 12.2. The molecule has 0 bridgehead atoms. The number of aryl methyl sites for hydroxylation is 2. The lowest BCUT2D eigenvalue weighted by molar-refractivity contribution is 0.0316. The number of nitrogens with one attached hydrogen (secondary N) is 1. The van der Waals surface area contributed by atoms with Crippen molar-refractivity contribution >= 4 is 30.9 Å². The predicted molar refractivity (Wildman–Crippen MR) is 97.0 cm³/mol. The molecule has 7 nitrogen and oxygen atoms in total. The van der Waals surface area contributed by atoms with Gasteiger partial charge >= 0.3 is 6.09 Å². The van der Waals surface area contributed by atoms with Crippen molar-refractivity contribution in [3.05, 3.63) is 17.1 Å². The molecule has 3 aliphatic rings. The number of carbonyl (C=O) groups excluding carboxylic acids is 1.